The fourth-order valence-electron chi connectivity index (χ4n) is 2.93. The Balaban J connectivity index is 2.09. The number of anilines is 2. The van der Waals surface area contributed by atoms with E-state index in [2.05, 4.69) is 5.32 Å². The van der Waals surface area contributed by atoms with Gasteiger partial charge in [0.2, 0.25) is 5.91 Å². The maximum absolute atomic E-state index is 12.4. The summed E-state index contributed by atoms with van der Waals surface area (Å²) in [6.07, 6.45) is 0. The van der Waals surface area contributed by atoms with Gasteiger partial charge in [0.05, 0.1) is 18.6 Å². The fourth-order valence-corrected chi connectivity index (χ4v) is 4.19. The zero-order valence-electron chi connectivity index (χ0n) is 15.4. The molecule has 2 rings (SSSR count). The quantitative estimate of drug-likeness (QED) is 0.756. The molecule has 0 aliphatic rings. The molecule has 0 aromatic heterocycles. The lowest BCUT2D eigenvalue weighted by Crippen LogP contribution is -2.24. The number of rotatable bonds is 6. The summed E-state index contributed by atoms with van der Waals surface area (Å²) in [5.41, 5.74) is 10.2. The van der Waals surface area contributed by atoms with Gasteiger partial charge in [0, 0.05) is 5.69 Å². The molecular formula is C19H24N2O4S. The Morgan fingerprint density at radius 3 is 2.27 bits per heavy atom. The Hall–Kier alpha value is -2.54. The van der Waals surface area contributed by atoms with E-state index in [0.717, 1.165) is 16.7 Å². The Bertz CT molecular complexity index is 914. The van der Waals surface area contributed by atoms with Crippen molar-refractivity contribution in [1.82, 2.24) is 0 Å². The fraction of sp³-hybridized carbons (Fsp3) is 0.316. The minimum atomic E-state index is -3.63. The molecule has 3 N–H and O–H groups in total. The SMILES string of the molecule is COc1ccc(CS(=O)(=O)CC(=O)Nc2c(C)cc(C)cc2C)cc1N. The highest BCUT2D eigenvalue weighted by atomic mass is 32.2. The highest BCUT2D eigenvalue weighted by Gasteiger charge is 2.19. The van der Waals surface area contributed by atoms with Crippen molar-refractivity contribution in [2.75, 3.05) is 23.9 Å². The third kappa shape index (κ3) is 4.98. The molecule has 2 aromatic rings. The molecule has 0 saturated heterocycles. The van der Waals surface area contributed by atoms with E-state index in [0.29, 0.717) is 22.7 Å². The number of carbonyl (C=O) groups is 1. The maximum Gasteiger partial charge on any atom is 0.239 e. The Morgan fingerprint density at radius 1 is 1.12 bits per heavy atom. The Kier molecular flexibility index (Phi) is 5.92. The monoisotopic (exact) mass is 376 g/mol. The first-order valence-electron chi connectivity index (χ1n) is 8.12. The van der Waals surface area contributed by atoms with Gasteiger partial charge in [-0.1, -0.05) is 23.8 Å². The van der Waals surface area contributed by atoms with Crippen molar-refractivity contribution in [3.63, 3.8) is 0 Å². The highest BCUT2D eigenvalue weighted by Crippen LogP contribution is 2.24. The molecule has 0 fully saturated rings. The number of methoxy groups -OCH3 is 1. The first-order chi connectivity index (χ1) is 12.1. The Labute approximate surface area is 154 Å². The number of amides is 1. The van der Waals surface area contributed by atoms with E-state index >= 15 is 0 Å². The van der Waals surface area contributed by atoms with Gasteiger partial charge in [-0.3, -0.25) is 4.79 Å². The second-order valence-corrected chi connectivity index (χ2v) is 8.49. The molecule has 26 heavy (non-hydrogen) atoms. The summed E-state index contributed by atoms with van der Waals surface area (Å²) in [4.78, 5) is 12.2. The van der Waals surface area contributed by atoms with E-state index in [1.165, 1.54) is 7.11 Å². The van der Waals surface area contributed by atoms with Crippen LogP contribution in [0.3, 0.4) is 0 Å². The van der Waals surface area contributed by atoms with Crippen molar-refractivity contribution in [3.8, 4) is 5.75 Å². The second-order valence-electron chi connectivity index (χ2n) is 6.43. The molecule has 0 spiro atoms. The van der Waals surface area contributed by atoms with Crippen LogP contribution >= 0.6 is 0 Å². The lowest BCUT2D eigenvalue weighted by molar-refractivity contribution is -0.113. The highest BCUT2D eigenvalue weighted by molar-refractivity contribution is 7.91. The van der Waals surface area contributed by atoms with Crippen LogP contribution in [0.5, 0.6) is 5.75 Å². The molecule has 1 amide bonds. The van der Waals surface area contributed by atoms with Crippen molar-refractivity contribution < 1.29 is 17.9 Å². The summed E-state index contributed by atoms with van der Waals surface area (Å²) in [6.45, 7) is 5.73. The molecule has 7 heteroatoms. The van der Waals surface area contributed by atoms with Crippen LogP contribution in [0, 0.1) is 20.8 Å². The summed E-state index contributed by atoms with van der Waals surface area (Å²) in [6, 6.07) is 8.66. The van der Waals surface area contributed by atoms with Crippen LogP contribution in [0.1, 0.15) is 22.3 Å². The standard InChI is InChI=1S/C19H24N2O4S/c1-12-7-13(2)19(14(3)8-12)21-18(22)11-26(23,24)10-15-5-6-17(25-4)16(20)9-15/h5-9H,10-11,20H2,1-4H3,(H,21,22). The summed E-state index contributed by atoms with van der Waals surface area (Å²) >= 11 is 0. The maximum atomic E-state index is 12.4. The molecule has 140 valence electrons. The minimum Gasteiger partial charge on any atom is -0.495 e. The van der Waals surface area contributed by atoms with Crippen molar-refractivity contribution in [1.29, 1.82) is 0 Å². The number of benzene rings is 2. The van der Waals surface area contributed by atoms with E-state index in [1.807, 2.05) is 32.9 Å². The molecule has 0 saturated carbocycles. The summed E-state index contributed by atoms with van der Waals surface area (Å²) in [5.74, 6) is -0.928. The molecule has 6 nitrogen and oxygen atoms in total. The van der Waals surface area contributed by atoms with Gasteiger partial charge in [-0.2, -0.15) is 0 Å². The van der Waals surface area contributed by atoms with Gasteiger partial charge >= 0.3 is 0 Å². The molecule has 0 bridgehead atoms. The molecule has 0 heterocycles. The molecule has 0 aliphatic carbocycles. The van der Waals surface area contributed by atoms with Crippen LogP contribution in [0.2, 0.25) is 0 Å². The number of ether oxygens (including phenoxy) is 1. The predicted octanol–water partition coefficient (Wildman–Crippen LogP) is 2.76. The average Bonchev–Trinajstić information content (AvgIpc) is 2.50. The van der Waals surface area contributed by atoms with Crippen LogP contribution in [-0.2, 0) is 20.4 Å². The first-order valence-corrected chi connectivity index (χ1v) is 9.94. The van der Waals surface area contributed by atoms with Crippen molar-refractivity contribution >= 4 is 27.1 Å². The van der Waals surface area contributed by atoms with Gasteiger partial charge in [-0.25, -0.2) is 8.42 Å². The molecular weight excluding hydrogens is 352 g/mol. The number of nitrogens with two attached hydrogens (primary N) is 1. The summed E-state index contributed by atoms with van der Waals surface area (Å²) in [5, 5.41) is 2.71. The van der Waals surface area contributed by atoms with Gasteiger partial charge in [0.25, 0.3) is 0 Å². The van der Waals surface area contributed by atoms with E-state index in [9.17, 15) is 13.2 Å². The third-order valence-corrected chi connectivity index (χ3v) is 5.45. The normalized spacial score (nSPS) is 11.2. The summed E-state index contributed by atoms with van der Waals surface area (Å²) < 4.78 is 29.8. The number of hydrogen-bond donors (Lipinski definition) is 2. The minimum absolute atomic E-state index is 0.263. The van der Waals surface area contributed by atoms with Crippen LogP contribution in [0.25, 0.3) is 0 Å². The zero-order chi connectivity index (χ0) is 19.5. The molecule has 0 aliphatic heterocycles. The topological polar surface area (TPSA) is 98.5 Å². The lowest BCUT2D eigenvalue weighted by Gasteiger charge is -2.13. The summed E-state index contributed by atoms with van der Waals surface area (Å²) in [7, 11) is -2.14. The predicted molar refractivity (Wildman–Crippen MR) is 104 cm³/mol. The van der Waals surface area contributed by atoms with Crippen molar-refractivity contribution in [2.45, 2.75) is 26.5 Å². The Morgan fingerprint density at radius 2 is 1.73 bits per heavy atom. The third-order valence-electron chi connectivity index (χ3n) is 3.97. The van der Waals surface area contributed by atoms with E-state index < -0.39 is 21.5 Å². The van der Waals surface area contributed by atoms with Gasteiger partial charge in [-0.15, -0.1) is 0 Å². The van der Waals surface area contributed by atoms with Crippen LogP contribution < -0.4 is 15.8 Å². The molecule has 0 radical (unpaired) electrons. The van der Waals surface area contributed by atoms with E-state index in [1.54, 1.807) is 18.2 Å². The van der Waals surface area contributed by atoms with Gasteiger partial charge in [0.15, 0.2) is 9.84 Å². The smallest absolute Gasteiger partial charge is 0.239 e. The zero-order valence-corrected chi connectivity index (χ0v) is 16.2. The van der Waals surface area contributed by atoms with Crippen LogP contribution in [0.15, 0.2) is 30.3 Å². The van der Waals surface area contributed by atoms with Crippen LogP contribution in [0.4, 0.5) is 11.4 Å². The molecule has 2 aromatic carbocycles. The number of hydrogen-bond acceptors (Lipinski definition) is 5. The molecule has 0 unspecified atom stereocenters. The second kappa shape index (κ2) is 7.78. The van der Waals surface area contributed by atoms with Crippen molar-refractivity contribution in [2.24, 2.45) is 0 Å². The number of nitrogens with one attached hydrogen (secondary N) is 1. The van der Waals surface area contributed by atoms with E-state index in [-0.39, 0.29) is 5.75 Å². The van der Waals surface area contributed by atoms with Crippen LogP contribution in [-0.4, -0.2) is 27.2 Å². The van der Waals surface area contributed by atoms with Gasteiger partial charge in [-0.05, 0) is 49.6 Å². The lowest BCUT2D eigenvalue weighted by atomic mass is 10.1. The number of aryl methyl sites for hydroxylation is 3. The number of sulfone groups is 1. The largest absolute Gasteiger partial charge is 0.495 e. The van der Waals surface area contributed by atoms with Gasteiger partial charge < -0.3 is 15.8 Å². The van der Waals surface area contributed by atoms with Gasteiger partial charge in [0.1, 0.15) is 11.5 Å². The number of carbonyl (C=O) groups excluding carboxylic acids is 1. The molecule has 0 atom stereocenters. The average molecular weight is 376 g/mol. The van der Waals surface area contributed by atoms with E-state index in [4.69, 9.17) is 10.5 Å². The van der Waals surface area contributed by atoms with Crippen molar-refractivity contribution in [3.05, 3.63) is 52.6 Å². The number of nitrogen functional groups attached to an aromatic ring is 1. The first kappa shape index (κ1) is 19.8.